The third-order valence-corrected chi connectivity index (χ3v) is 5.22. The van der Waals surface area contributed by atoms with Crippen LogP contribution in [-0.2, 0) is 4.79 Å². The normalized spacial score (nSPS) is 11.0. The van der Waals surface area contributed by atoms with Crippen LogP contribution in [0.5, 0.6) is 0 Å². The second-order valence-electron chi connectivity index (χ2n) is 6.47. The van der Waals surface area contributed by atoms with Gasteiger partial charge in [-0.05, 0) is 48.7 Å². The predicted molar refractivity (Wildman–Crippen MR) is 112 cm³/mol. The summed E-state index contributed by atoms with van der Waals surface area (Å²) in [6.45, 7) is 6.20. The van der Waals surface area contributed by atoms with Gasteiger partial charge in [0.05, 0.1) is 5.75 Å². The monoisotopic (exact) mass is 445 g/mol. The van der Waals surface area contributed by atoms with Crippen LogP contribution >= 0.6 is 27.7 Å². The third kappa shape index (κ3) is 5.20. The smallest absolute Gasteiger partial charge is 0.277 e. The highest BCUT2D eigenvalue weighted by Gasteiger charge is 2.14. The van der Waals surface area contributed by atoms with Crippen molar-refractivity contribution in [2.24, 2.45) is 0 Å². The maximum atomic E-state index is 12.3. The highest BCUT2D eigenvalue weighted by molar-refractivity contribution is 9.10. The number of thioether (sulfide) groups is 1. The van der Waals surface area contributed by atoms with Gasteiger partial charge in [-0.1, -0.05) is 59.2 Å². The summed E-state index contributed by atoms with van der Waals surface area (Å²) >= 11 is 4.70. The number of aryl methyl sites for hydroxylation is 1. The molecule has 0 bridgehead atoms. The zero-order valence-corrected chi connectivity index (χ0v) is 17.7. The van der Waals surface area contributed by atoms with Gasteiger partial charge in [0.2, 0.25) is 11.8 Å². The van der Waals surface area contributed by atoms with E-state index >= 15 is 0 Å². The molecular formula is C20H20BrN3O2S. The highest BCUT2D eigenvalue weighted by Crippen LogP contribution is 2.28. The van der Waals surface area contributed by atoms with Gasteiger partial charge in [-0.2, -0.15) is 0 Å². The molecule has 0 radical (unpaired) electrons. The molecule has 0 fully saturated rings. The van der Waals surface area contributed by atoms with Crippen molar-refractivity contribution in [3.05, 3.63) is 58.1 Å². The number of amides is 1. The van der Waals surface area contributed by atoms with Crippen LogP contribution in [0.25, 0.3) is 11.5 Å². The molecule has 1 aromatic heterocycles. The van der Waals surface area contributed by atoms with E-state index in [1.54, 1.807) is 0 Å². The van der Waals surface area contributed by atoms with Crippen molar-refractivity contribution >= 4 is 39.3 Å². The number of nitrogens with zero attached hydrogens (tertiary/aromatic N) is 2. The van der Waals surface area contributed by atoms with Gasteiger partial charge in [-0.3, -0.25) is 4.79 Å². The Morgan fingerprint density at radius 1 is 1.22 bits per heavy atom. The fourth-order valence-electron chi connectivity index (χ4n) is 2.60. The van der Waals surface area contributed by atoms with Gasteiger partial charge in [0.15, 0.2) is 0 Å². The molecule has 1 amide bonds. The maximum absolute atomic E-state index is 12.3. The topological polar surface area (TPSA) is 68.0 Å². The molecule has 0 spiro atoms. The fraction of sp³-hybridized carbons (Fsp3) is 0.250. The minimum absolute atomic E-state index is 0.112. The van der Waals surface area contributed by atoms with Gasteiger partial charge in [0.1, 0.15) is 0 Å². The lowest BCUT2D eigenvalue weighted by Crippen LogP contribution is -2.15. The molecule has 7 heteroatoms. The summed E-state index contributed by atoms with van der Waals surface area (Å²) < 4.78 is 6.65. The zero-order chi connectivity index (χ0) is 19.4. The van der Waals surface area contributed by atoms with E-state index in [4.69, 9.17) is 4.42 Å². The van der Waals surface area contributed by atoms with Gasteiger partial charge < -0.3 is 9.73 Å². The molecule has 1 heterocycles. The number of aromatic nitrogens is 2. The lowest BCUT2D eigenvalue weighted by atomic mass is 10.0. The Hall–Kier alpha value is -2.12. The molecule has 1 N–H and O–H groups in total. The summed E-state index contributed by atoms with van der Waals surface area (Å²) in [7, 11) is 0. The van der Waals surface area contributed by atoms with Gasteiger partial charge in [-0.25, -0.2) is 0 Å². The van der Waals surface area contributed by atoms with Crippen molar-refractivity contribution in [2.75, 3.05) is 11.1 Å². The number of halogens is 1. The van der Waals surface area contributed by atoms with Crippen molar-refractivity contribution in [3.8, 4) is 11.5 Å². The molecular weight excluding hydrogens is 426 g/mol. The standard InChI is InChI=1S/C20H20BrN3O2S/c1-12(2)16-10-15(21)7-8-17(16)22-18(25)11-27-20-24-23-19(26-20)14-6-4-5-13(3)9-14/h4-10,12H,11H2,1-3H3,(H,22,25). The molecule has 27 heavy (non-hydrogen) atoms. The average molecular weight is 446 g/mol. The molecule has 2 aromatic carbocycles. The van der Waals surface area contributed by atoms with Crippen molar-refractivity contribution in [1.29, 1.82) is 0 Å². The van der Waals surface area contributed by atoms with E-state index in [9.17, 15) is 4.79 Å². The Kier molecular flexibility index (Phi) is 6.34. The van der Waals surface area contributed by atoms with Crippen LogP contribution in [0.2, 0.25) is 0 Å². The van der Waals surface area contributed by atoms with E-state index in [1.807, 2.05) is 49.4 Å². The van der Waals surface area contributed by atoms with Crippen LogP contribution in [0.3, 0.4) is 0 Å². The van der Waals surface area contributed by atoms with E-state index < -0.39 is 0 Å². The predicted octanol–water partition coefficient (Wildman–Crippen LogP) is 5.66. The number of hydrogen-bond acceptors (Lipinski definition) is 5. The summed E-state index contributed by atoms with van der Waals surface area (Å²) in [5, 5.41) is 11.4. The molecule has 0 aliphatic carbocycles. The van der Waals surface area contributed by atoms with Crippen LogP contribution < -0.4 is 5.32 Å². The van der Waals surface area contributed by atoms with Gasteiger partial charge in [0.25, 0.3) is 5.22 Å². The van der Waals surface area contributed by atoms with Crippen LogP contribution in [-0.4, -0.2) is 21.9 Å². The zero-order valence-electron chi connectivity index (χ0n) is 15.3. The Labute approximate surface area is 171 Å². The van der Waals surface area contributed by atoms with Crippen LogP contribution in [0.15, 0.2) is 56.6 Å². The molecule has 140 valence electrons. The molecule has 5 nitrogen and oxygen atoms in total. The van der Waals surface area contributed by atoms with E-state index in [2.05, 4.69) is 45.3 Å². The highest BCUT2D eigenvalue weighted by atomic mass is 79.9. The molecule has 0 unspecified atom stereocenters. The Morgan fingerprint density at radius 3 is 2.78 bits per heavy atom. The summed E-state index contributed by atoms with van der Waals surface area (Å²) in [5.74, 6) is 0.845. The second-order valence-corrected chi connectivity index (χ2v) is 8.31. The van der Waals surface area contributed by atoms with Crippen molar-refractivity contribution < 1.29 is 9.21 Å². The summed E-state index contributed by atoms with van der Waals surface area (Å²) in [6.07, 6.45) is 0. The van der Waals surface area contributed by atoms with Crippen LogP contribution in [0.1, 0.15) is 30.9 Å². The van der Waals surface area contributed by atoms with E-state index in [-0.39, 0.29) is 11.7 Å². The second kappa shape index (κ2) is 8.71. The first-order chi connectivity index (χ1) is 12.9. The number of carbonyl (C=O) groups is 1. The minimum Gasteiger partial charge on any atom is -0.411 e. The first-order valence-electron chi connectivity index (χ1n) is 8.55. The van der Waals surface area contributed by atoms with E-state index in [0.29, 0.717) is 17.0 Å². The molecule has 0 aliphatic heterocycles. The molecule has 3 rings (SSSR count). The summed E-state index contributed by atoms with van der Waals surface area (Å²) in [5.41, 5.74) is 3.90. The maximum Gasteiger partial charge on any atom is 0.277 e. The number of rotatable bonds is 6. The SMILES string of the molecule is Cc1cccc(-c2nnc(SCC(=O)Nc3ccc(Br)cc3C(C)C)o2)c1. The molecule has 0 saturated heterocycles. The van der Waals surface area contributed by atoms with Gasteiger partial charge in [-0.15, -0.1) is 10.2 Å². The molecule has 0 atom stereocenters. The van der Waals surface area contributed by atoms with Crippen molar-refractivity contribution in [3.63, 3.8) is 0 Å². The Balaban J connectivity index is 1.62. The summed E-state index contributed by atoms with van der Waals surface area (Å²) in [6, 6.07) is 13.7. The van der Waals surface area contributed by atoms with Gasteiger partial charge in [0, 0.05) is 15.7 Å². The van der Waals surface area contributed by atoms with Crippen LogP contribution in [0.4, 0.5) is 5.69 Å². The summed E-state index contributed by atoms with van der Waals surface area (Å²) in [4.78, 5) is 12.3. The Bertz CT molecular complexity index is 956. The fourth-order valence-corrected chi connectivity index (χ4v) is 3.54. The van der Waals surface area contributed by atoms with Crippen molar-refractivity contribution in [2.45, 2.75) is 31.9 Å². The molecule has 0 saturated carbocycles. The van der Waals surface area contributed by atoms with Gasteiger partial charge >= 0.3 is 0 Å². The third-order valence-electron chi connectivity index (χ3n) is 3.91. The number of benzene rings is 2. The average Bonchev–Trinajstić information content (AvgIpc) is 3.10. The lowest BCUT2D eigenvalue weighted by molar-refractivity contribution is -0.113. The van der Waals surface area contributed by atoms with Crippen molar-refractivity contribution in [1.82, 2.24) is 10.2 Å². The number of hydrogen-bond donors (Lipinski definition) is 1. The number of nitrogens with one attached hydrogen (secondary N) is 1. The first kappa shape index (κ1) is 19.6. The lowest BCUT2D eigenvalue weighted by Gasteiger charge is -2.14. The molecule has 3 aromatic rings. The molecule has 0 aliphatic rings. The van der Waals surface area contributed by atoms with E-state index in [0.717, 1.165) is 26.9 Å². The van der Waals surface area contributed by atoms with E-state index in [1.165, 1.54) is 11.8 Å². The largest absolute Gasteiger partial charge is 0.411 e. The Morgan fingerprint density at radius 2 is 2.04 bits per heavy atom. The number of carbonyl (C=O) groups excluding carboxylic acids is 1. The minimum atomic E-state index is -0.112. The first-order valence-corrected chi connectivity index (χ1v) is 10.3. The quantitative estimate of drug-likeness (QED) is 0.495. The number of anilines is 1. The van der Waals surface area contributed by atoms with Crippen LogP contribution in [0, 0.1) is 6.92 Å².